The predicted molar refractivity (Wildman–Crippen MR) is 82.0 cm³/mol. The molecule has 2 rings (SSSR count). The first kappa shape index (κ1) is 15.3. The van der Waals surface area contributed by atoms with Crippen LogP contribution < -0.4 is 10.2 Å². The van der Waals surface area contributed by atoms with E-state index < -0.39 is 0 Å². The average Bonchev–Trinajstić information content (AvgIpc) is 2.72. The summed E-state index contributed by atoms with van der Waals surface area (Å²) in [5, 5.41) is 17.3. The molecule has 0 unspecified atom stereocenters. The van der Waals surface area contributed by atoms with Crippen molar-refractivity contribution >= 4 is 5.82 Å². The SMILES string of the molecule is CNCc1c(C)nn(C)c1N(CCO)C1CCCCC1. The van der Waals surface area contributed by atoms with Crippen LogP contribution in [0.2, 0.25) is 0 Å². The third-order valence-corrected chi connectivity index (χ3v) is 4.30. The van der Waals surface area contributed by atoms with E-state index in [0.717, 1.165) is 12.2 Å². The van der Waals surface area contributed by atoms with Gasteiger partial charge in [0.05, 0.1) is 12.3 Å². The summed E-state index contributed by atoms with van der Waals surface area (Å²) in [5.74, 6) is 1.18. The van der Waals surface area contributed by atoms with Gasteiger partial charge in [-0.05, 0) is 26.8 Å². The Bertz CT molecular complexity index is 424. The van der Waals surface area contributed by atoms with Gasteiger partial charge in [0.15, 0.2) is 0 Å². The smallest absolute Gasteiger partial charge is 0.131 e. The summed E-state index contributed by atoms with van der Waals surface area (Å²) in [6.45, 7) is 3.78. The molecule has 0 aliphatic heterocycles. The van der Waals surface area contributed by atoms with Gasteiger partial charge in [0.2, 0.25) is 0 Å². The van der Waals surface area contributed by atoms with Gasteiger partial charge < -0.3 is 15.3 Å². The molecule has 5 nitrogen and oxygen atoms in total. The third kappa shape index (κ3) is 3.15. The van der Waals surface area contributed by atoms with Gasteiger partial charge in [-0.25, -0.2) is 0 Å². The molecule has 1 aliphatic rings. The molecule has 1 fully saturated rings. The molecule has 1 saturated carbocycles. The van der Waals surface area contributed by atoms with E-state index in [1.165, 1.54) is 43.5 Å². The van der Waals surface area contributed by atoms with Gasteiger partial charge in [0.1, 0.15) is 5.82 Å². The van der Waals surface area contributed by atoms with E-state index in [-0.39, 0.29) is 6.61 Å². The summed E-state index contributed by atoms with van der Waals surface area (Å²) in [5.41, 5.74) is 2.34. The van der Waals surface area contributed by atoms with Crippen LogP contribution in [0, 0.1) is 6.92 Å². The normalized spacial score (nSPS) is 16.6. The van der Waals surface area contributed by atoms with Crippen molar-refractivity contribution in [3.63, 3.8) is 0 Å². The molecule has 1 heterocycles. The largest absolute Gasteiger partial charge is 0.395 e. The molecule has 1 aromatic heterocycles. The zero-order valence-electron chi connectivity index (χ0n) is 13.0. The first-order chi connectivity index (χ1) is 9.69. The van der Waals surface area contributed by atoms with Crippen LogP contribution in [0.3, 0.4) is 0 Å². The van der Waals surface area contributed by atoms with E-state index >= 15 is 0 Å². The first-order valence-corrected chi connectivity index (χ1v) is 7.73. The molecule has 1 aromatic rings. The summed E-state index contributed by atoms with van der Waals surface area (Å²) in [4.78, 5) is 2.38. The molecule has 114 valence electrons. The van der Waals surface area contributed by atoms with Crippen LogP contribution in [0.5, 0.6) is 0 Å². The molecule has 5 heteroatoms. The molecule has 0 saturated heterocycles. The van der Waals surface area contributed by atoms with E-state index in [1.54, 1.807) is 0 Å². The molecule has 1 aliphatic carbocycles. The van der Waals surface area contributed by atoms with Crippen molar-refractivity contribution in [2.24, 2.45) is 7.05 Å². The second-order valence-electron chi connectivity index (χ2n) is 5.75. The summed E-state index contributed by atoms with van der Waals surface area (Å²) in [6, 6.07) is 0.543. The number of aromatic nitrogens is 2. The summed E-state index contributed by atoms with van der Waals surface area (Å²) >= 11 is 0. The van der Waals surface area contributed by atoms with Crippen LogP contribution in [-0.4, -0.2) is 41.1 Å². The topological polar surface area (TPSA) is 53.3 Å². The number of rotatable bonds is 6. The Kier molecular flexibility index (Phi) is 5.43. The van der Waals surface area contributed by atoms with Crippen LogP contribution >= 0.6 is 0 Å². The minimum Gasteiger partial charge on any atom is -0.395 e. The Balaban J connectivity index is 2.32. The van der Waals surface area contributed by atoms with Crippen molar-refractivity contribution in [3.05, 3.63) is 11.3 Å². The molecule has 0 amide bonds. The van der Waals surface area contributed by atoms with Crippen LogP contribution in [-0.2, 0) is 13.6 Å². The molecular formula is C15H28N4O. The molecule has 0 bridgehead atoms. The Hall–Kier alpha value is -1.07. The van der Waals surface area contributed by atoms with Gasteiger partial charge in [-0.15, -0.1) is 0 Å². The number of nitrogens with one attached hydrogen (secondary N) is 1. The third-order valence-electron chi connectivity index (χ3n) is 4.30. The van der Waals surface area contributed by atoms with Gasteiger partial charge in [0, 0.05) is 31.7 Å². The lowest BCUT2D eigenvalue weighted by atomic mass is 9.94. The van der Waals surface area contributed by atoms with Crippen molar-refractivity contribution < 1.29 is 5.11 Å². The summed E-state index contributed by atoms with van der Waals surface area (Å²) < 4.78 is 1.98. The highest BCUT2D eigenvalue weighted by molar-refractivity contribution is 5.51. The van der Waals surface area contributed by atoms with E-state index in [9.17, 15) is 5.11 Å². The molecule has 0 aromatic carbocycles. The maximum absolute atomic E-state index is 9.46. The standard InChI is InChI=1S/C15H28N4O/c1-12-14(11-16-2)15(18(3)17-12)19(9-10-20)13-7-5-4-6-8-13/h13,16,20H,4-11H2,1-3H3. The quantitative estimate of drug-likeness (QED) is 0.831. The number of aryl methyl sites for hydroxylation is 2. The highest BCUT2D eigenvalue weighted by Crippen LogP contribution is 2.30. The fourth-order valence-electron chi connectivity index (χ4n) is 3.39. The second kappa shape index (κ2) is 7.09. The molecule has 2 N–H and O–H groups in total. The van der Waals surface area contributed by atoms with Gasteiger partial charge in [0.25, 0.3) is 0 Å². The van der Waals surface area contributed by atoms with Crippen molar-refractivity contribution in [1.82, 2.24) is 15.1 Å². The Morgan fingerprint density at radius 1 is 1.35 bits per heavy atom. The number of hydrogen-bond donors (Lipinski definition) is 2. The highest BCUT2D eigenvalue weighted by atomic mass is 16.3. The van der Waals surface area contributed by atoms with Gasteiger partial charge in [-0.2, -0.15) is 5.10 Å². The van der Waals surface area contributed by atoms with Crippen molar-refractivity contribution in [1.29, 1.82) is 0 Å². The van der Waals surface area contributed by atoms with Gasteiger partial charge >= 0.3 is 0 Å². The lowest BCUT2D eigenvalue weighted by Gasteiger charge is -2.36. The maximum Gasteiger partial charge on any atom is 0.131 e. The first-order valence-electron chi connectivity index (χ1n) is 7.73. The lowest BCUT2D eigenvalue weighted by Crippen LogP contribution is -2.40. The average molecular weight is 280 g/mol. The molecular weight excluding hydrogens is 252 g/mol. The molecule has 0 spiro atoms. The van der Waals surface area contributed by atoms with E-state index in [2.05, 4.69) is 22.2 Å². The minimum absolute atomic E-state index is 0.194. The van der Waals surface area contributed by atoms with Crippen LogP contribution in [0.4, 0.5) is 5.82 Å². The Labute approximate surface area is 122 Å². The molecule has 20 heavy (non-hydrogen) atoms. The monoisotopic (exact) mass is 280 g/mol. The van der Waals surface area contributed by atoms with Crippen molar-refractivity contribution in [2.75, 3.05) is 25.1 Å². The molecule has 0 atom stereocenters. The fourth-order valence-corrected chi connectivity index (χ4v) is 3.39. The Morgan fingerprint density at radius 3 is 2.65 bits per heavy atom. The maximum atomic E-state index is 9.46. The predicted octanol–water partition coefficient (Wildman–Crippen LogP) is 1.58. The van der Waals surface area contributed by atoms with Crippen molar-refractivity contribution in [3.8, 4) is 0 Å². The fraction of sp³-hybridized carbons (Fsp3) is 0.800. The number of nitrogens with zero attached hydrogens (tertiary/aromatic N) is 3. The van der Waals surface area contributed by atoms with Crippen LogP contribution in [0.25, 0.3) is 0 Å². The van der Waals surface area contributed by atoms with Crippen LogP contribution in [0.1, 0.15) is 43.4 Å². The second-order valence-corrected chi connectivity index (χ2v) is 5.75. The highest BCUT2D eigenvalue weighted by Gasteiger charge is 2.26. The lowest BCUT2D eigenvalue weighted by molar-refractivity contribution is 0.288. The number of aliphatic hydroxyl groups excluding tert-OH is 1. The van der Waals surface area contributed by atoms with Gasteiger partial charge in [-0.3, -0.25) is 4.68 Å². The van der Waals surface area contributed by atoms with E-state index in [0.29, 0.717) is 12.6 Å². The number of anilines is 1. The van der Waals surface area contributed by atoms with Gasteiger partial charge in [-0.1, -0.05) is 19.3 Å². The Morgan fingerprint density at radius 2 is 2.05 bits per heavy atom. The number of aliphatic hydroxyl groups is 1. The summed E-state index contributed by atoms with van der Waals surface area (Å²) in [7, 11) is 3.97. The number of hydrogen-bond acceptors (Lipinski definition) is 4. The zero-order valence-corrected chi connectivity index (χ0v) is 13.0. The molecule has 0 radical (unpaired) electrons. The van der Waals surface area contributed by atoms with E-state index in [1.807, 2.05) is 18.8 Å². The zero-order chi connectivity index (χ0) is 14.5. The van der Waals surface area contributed by atoms with Crippen molar-refractivity contribution in [2.45, 2.75) is 51.6 Å². The van der Waals surface area contributed by atoms with Crippen LogP contribution in [0.15, 0.2) is 0 Å². The minimum atomic E-state index is 0.194. The summed E-state index contributed by atoms with van der Waals surface area (Å²) in [6.07, 6.45) is 6.39. The van der Waals surface area contributed by atoms with E-state index in [4.69, 9.17) is 0 Å².